The molecule has 4 nitrogen and oxygen atoms in total. The lowest BCUT2D eigenvalue weighted by molar-refractivity contribution is 0.0714. The fraction of sp³-hybridized carbons (Fsp3) is 0.650. The highest BCUT2D eigenvalue weighted by molar-refractivity contribution is 6.60. The van der Waals surface area contributed by atoms with Crippen LogP contribution in [0.3, 0.4) is 0 Å². The van der Waals surface area contributed by atoms with Crippen LogP contribution >= 0.6 is 0 Å². The lowest BCUT2D eigenvalue weighted by atomic mass is 10.0. The zero-order chi connectivity index (χ0) is 18.9. The van der Waals surface area contributed by atoms with Gasteiger partial charge in [-0.15, -0.1) is 0 Å². The fourth-order valence-electron chi connectivity index (χ4n) is 2.69. The van der Waals surface area contributed by atoms with Crippen LogP contribution in [0.25, 0.3) is 0 Å². The number of aryl methyl sites for hydroxylation is 2. The first kappa shape index (κ1) is 22.0. The van der Waals surface area contributed by atoms with Crippen molar-refractivity contribution in [2.45, 2.75) is 66.5 Å². The molecule has 0 spiro atoms. The Morgan fingerprint density at radius 2 is 1.56 bits per heavy atom. The standard InChI is InChI=1S/C20H35NO3Si/c1-8-22-25(23-9-2,24-10-3)15-14-18-13-11-12-17(4)19(18)16-21-20(5,6)7/h11-13,16H,8-10,14-15H2,1-7H3. The van der Waals surface area contributed by atoms with Crippen molar-refractivity contribution in [2.24, 2.45) is 4.99 Å². The van der Waals surface area contributed by atoms with Crippen LogP contribution in [0.4, 0.5) is 0 Å². The number of rotatable bonds is 10. The summed E-state index contributed by atoms with van der Waals surface area (Å²) in [7, 11) is -2.62. The summed E-state index contributed by atoms with van der Waals surface area (Å²) in [4.78, 5) is 4.69. The van der Waals surface area contributed by atoms with Gasteiger partial charge in [-0.2, -0.15) is 0 Å². The van der Waals surface area contributed by atoms with Gasteiger partial charge in [0.1, 0.15) is 0 Å². The van der Waals surface area contributed by atoms with Gasteiger partial charge in [-0.25, -0.2) is 0 Å². The predicted octanol–water partition coefficient (Wildman–Crippen LogP) is 4.80. The van der Waals surface area contributed by atoms with Gasteiger partial charge in [0.25, 0.3) is 0 Å². The topological polar surface area (TPSA) is 40.0 Å². The molecule has 142 valence electrons. The molecular weight excluding hydrogens is 330 g/mol. The zero-order valence-electron chi connectivity index (χ0n) is 17.0. The van der Waals surface area contributed by atoms with Gasteiger partial charge in [0.05, 0.1) is 5.54 Å². The summed E-state index contributed by atoms with van der Waals surface area (Å²) < 4.78 is 17.9. The Bertz CT molecular complexity index is 535. The third-order valence-electron chi connectivity index (χ3n) is 3.79. The van der Waals surface area contributed by atoms with Crippen LogP contribution in [0.5, 0.6) is 0 Å². The van der Waals surface area contributed by atoms with E-state index >= 15 is 0 Å². The minimum Gasteiger partial charge on any atom is -0.374 e. The highest BCUT2D eigenvalue weighted by Gasteiger charge is 2.40. The van der Waals surface area contributed by atoms with E-state index in [2.05, 4.69) is 45.9 Å². The van der Waals surface area contributed by atoms with E-state index in [1.807, 2.05) is 27.0 Å². The number of aliphatic imine (C=N–C) groups is 1. The summed E-state index contributed by atoms with van der Waals surface area (Å²) >= 11 is 0. The van der Waals surface area contributed by atoms with Gasteiger partial charge in [0, 0.05) is 32.1 Å². The highest BCUT2D eigenvalue weighted by atomic mass is 28.4. The third kappa shape index (κ3) is 7.40. The van der Waals surface area contributed by atoms with E-state index in [9.17, 15) is 0 Å². The van der Waals surface area contributed by atoms with Gasteiger partial charge in [-0.05, 0) is 71.6 Å². The first-order valence-electron chi connectivity index (χ1n) is 9.32. The smallest absolute Gasteiger partial charge is 0.374 e. The summed E-state index contributed by atoms with van der Waals surface area (Å²) in [6.45, 7) is 16.3. The van der Waals surface area contributed by atoms with E-state index in [-0.39, 0.29) is 5.54 Å². The molecule has 0 saturated carbocycles. The molecule has 0 N–H and O–H groups in total. The van der Waals surface area contributed by atoms with Crippen molar-refractivity contribution < 1.29 is 13.3 Å². The lowest BCUT2D eigenvalue weighted by Crippen LogP contribution is -2.46. The SMILES string of the molecule is CCO[Si](CCc1cccc(C)c1C=NC(C)(C)C)(OCC)OCC. The quantitative estimate of drug-likeness (QED) is 0.441. The lowest BCUT2D eigenvalue weighted by Gasteiger charge is -2.28. The summed E-state index contributed by atoms with van der Waals surface area (Å²) in [5.41, 5.74) is 3.62. The van der Waals surface area contributed by atoms with Crippen molar-refractivity contribution >= 4 is 15.0 Å². The van der Waals surface area contributed by atoms with Gasteiger partial charge < -0.3 is 13.3 Å². The maximum absolute atomic E-state index is 5.98. The Kier molecular flexibility index (Phi) is 9.00. The Morgan fingerprint density at radius 1 is 1.00 bits per heavy atom. The molecule has 0 atom stereocenters. The molecule has 0 fully saturated rings. The molecule has 25 heavy (non-hydrogen) atoms. The van der Waals surface area contributed by atoms with Crippen LogP contribution in [0.2, 0.25) is 6.04 Å². The Balaban J connectivity index is 3.04. The normalized spacial score (nSPS) is 12.9. The third-order valence-corrected chi connectivity index (χ3v) is 6.84. The van der Waals surface area contributed by atoms with Gasteiger partial charge in [0.2, 0.25) is 0 Å². The van der Waals surface area contributed by atoms with Crippen LogP contribution in [-0.2, 0) is 19.7 Å². The molecule has 5 heteroatoms. The zero-order valence-corrected chi connectivity index (χ0v) is 18.0. The van der Waals surface area contributed by atoms with E-state index in [0.717, 1.165) is 12.5 Å². The second kappa shape index (κ2) is 10.2. The monoisotopic (exact) mass is 365 g/mol. The van der Waals surface area contributed by atoms with E-state index in [4.69, 9.17) is 18.3 Å². The number of hydrogen-bond donors (Lipinski definition) is 0. The number of benzene rings is 1. The average molecular weight is 366 g/mol. The van der Waals surface area contributed by atoms with E-state index in [0.29, 0.717) is 19.8 Å². The second-order valence-corrected chi connectivity index (χ2v) is 9.79. The second-order valence-electron chi connectivity index (χ2n) is 7.06. The highest BCUT2D eigenvalue weighted by Crippen LogP contribution is 2.22. The summed E-state index contributed by atoms with van der Waals surface area (Å²) in [5.74, 6) is 0. The first-order valence-corrected chi connectivity index (χ1v) is 11.3. The average Bonchev–Trinajstić information content (AvgIpc) is 2.52. The summed E-state index contributed by atoms with van der Waals surface area (Å²) in [5, 5.41) is 0. The minimum absolute atomic E-state index is 0.0833. The van der Waals surface area contributed by atoms with Gasteiger partial charge >= 0.3 is 8.80 Å². The Morgan fingerprint density at radius 3 is 2.04 bits per heavy atom. The molecule has 0 heterocycles. The number of nitrogens with zero attached hydrogens (tertiary/aromatic N) is 1. The molecule has 0 bridgehead atoms. The van der Waals surface area contributed by atoms with Crippen molar-refractivity contribution in [3.05, 3.63) is 34.9 Å². The van der Waals surface area contributed by atoms with E-state index in [1.54, 1.807) is 0 Å². The summed E-state index contributed by atoms with van der Waals surface area (Å²) in [6.07, 6.45) is 2.87. The summed E-state index contributed by atoms with van der Waals surface area (Å²) in [6, 6.07) is 7.18. The predicted molar refractivity (Wildman–Crippen MR) is 108 cm³/mol. The molecule has 0 radical (unpaired) electrons. The van der Waals surface area contributed by atoms with Gasteiger partial charge in [-0.3, -0.25) is 4.99 Å². The van der Waals surface area contributed by atoms with Crippen LogP contribution in [-0.4, -0.2) is 40.4 Å². The van der Waals surface area contributed by atoms with Crippen LogP contribution < -0.4 is 0 Å². The largest absolute Gasteiger partial charge is 0.501 e. The van der Waals surface area contributed by atoms with Gasteiger partial charge in [-0.1, -0.05) is 18.2 Å². The van der Waals surface area contributed by atoms with Crippen molar-refractivity contribution in [1.29, 1.82) is 0 Å². The number of hydrogen-bond acceptors (Lipinski definition) is 4. The van der Waals surface area contributed by atoms with Crippen molar-refractivity contribution in [1.82, 2.24) is 0 Å². The molecule has 0 aliphatic rings. The minimum atomic E-state index is -2.62. The maximum atomic E-state index is 5.98. The molecule has 0 aliphatic carbocycles. The Hall–Kier alpha value is -1.01. The Labute approximate surface area is 155 Å². The molecule has 1 rings (SSSR count). The van der Waals surface area contributed by atoms with Crippen LogP contribution in [0.1, 0.15) is 58.2 Å². The van der Waals surface area contributed by atoms with Gasteiger partial charge in [0.15, 0.2) is 0 Å². The molecular formula is C20H35NO3Si. The van der Waals surface area contributed by atoms with E-state index in [1.165, 1.54) is 16.7 Å². The first-order chi connectivity index (χ1) is 11.8. The molecule has 0 aliphatic heterocycles. The van der Waals surface area contributed by atoms with Crippen molar-refractivity contribution in [3.8, 4) is 0 Å². The fourth-order valence-corrected chi connectivity index (χ4v) is 5.27. The molecule has 0 amide bonds. The maximum Gasteiger partial charge on any atom is 0.501 e. The molecule has 1 aromatic carbocycles. The van der Waals surface area contributed by atoms with Crippen LogP contribution in [0, 0.1) is 6.92 Å². The van der Waals surface area contributed by atoms with Crippen LogP contribution in [0.15, 0.2) is 23.2 Å². The van der Waals surface area contributed by atoms with Crippen molar-refractivity contribution in [3.63, 3.8) is 0 Å². The van der Waals surface area contributed by atoms with E-state index < -0.39 is 8.80 Å². The molecule has 1 aromatic rings. The molecule has 0 unspecified atom stereocenters. The molecule has 0 saturated heterocycles. The molecule has 0 aromatic heterocycles. The van der Waals surface area contributed by atoms with Crippen molar-refractivity contribution in [2.75, 3.05) is 19.8 Å².